The standard InChI is InChI=1S/C12H15N3O4S/c1-15(7-3-5-11(16)17)20(18,19)10-8-14-12-9(10)4-2-6-13-12/h2,4,6,8H,3,5,7H2,1H3,(H,13,14)(H,16,17). The Kier molecular flexibility index (Phi) is 4.05. The maximum atomic E-state index is 12.4. The molecule has 2 aromatic rings. The molecule has 0 fully saturated rings. The van der Waals surface area contributed by atoms with Crippen molar-refractivity contribution in [2.45, 2.75) is 17.7 Å². The van der Waals surface area contributed by atoms with Gasteiger partial charge in [-0.05, 0) is 18.6 Å². The lowest BCUT2D eigenvalue weighted by Gasteiger charge is -2.15. The molecule has 2 rings (SSSR count). The molecule has 0 aliphatic heterocycles. The fourth-order valence-corrected chi connectivity index (χ4v) is 3.24. The SMILES string of the molecule is CN(CCCC(=O)O)S(=O)(=O)c1c[nH]c2ncccc12. The van der Waals surface area contributed by atoms with E-state index in [-0.39, 0.29) is 24.3 Å². The first-order chi connectivity index (χ1) is 9.43. The number of nitrogens with zero attached hydrogens (tertiary/aromatic N) is 2. The monoisotopic (exact) mass is 297 g/mol. The summed E-state index contributed by atoms with van der Waals surface area (Å²) in [5.41, 5.74) is 0.505. The molecule has 20 heavy (non-hydrogen) atoms. The highest BCUT2D eigenvalue weighted by Gasteiger charge is 2.24. The van der Waals surface area contributed by atoms with Gasteiger partial charge in [0.25, 0.3) is 0 Å². The largest absolute Gasteiger partial charge is 0.481 e. The summed E-state index contributed by atoms with van der Waals surface area (Å²) in [6, 6.07) is 3.34. The molecular formula is C12H15N3O4S. The molecule has 0 saturated heterocycles. The lowest BCUT2D eigenvalue weighted by molar-refractivity contribution is -0.137. The Bertz CT molecular complexity index is 723. The topological polar surface area (TPSA) is 103 Å². The van der Waals surface area contributed by atoms with Gasteiger partial charge in [-0.3, -0.25) is 4.79 Å². The van der Waals surface area contributed by atoms with E-state index in [1.807, 2.05) is 0 Å². The fourth-order valence-electron chi connectivity index (χ4n) is 1.89. The van der Waals surface area contributed by atoms with Gasteiger partial charge in [0.15, 0.2) is 0 Å². The Labute approximate surface area is 116 Å². The molecular weight excluding hydrogens is 282 g/mol. The number of nitrogens with one attached hydrogen (secondary N) is 1. The molecule has 0 radical (unpaired) electrons. The van der Waals surface area contributed by atoms with Crippen molar-refractivity contribution in [3.05, 3.63) is 24.5 Å². The van der Waals surface area contributed by atoms with Crippen LogP contribution in [-0.2, 0) is 14.8 Å². The molecule has 8 heteroatoms. The highest BCUT2D eigenvalue weighted by molar-refractivity contribution is 7.89. The summed E-state index contributed by atoms with van der Waals surface area (Å²) in [5.74, 6) is -0.938. The van der Waals surface area contributed by atoms with Crippen LogP contribution in [0, 0.1) is 0 Å². The fraction of sp³-hybridized carbons (Fsp3) is 0.333. The van der Waals surface area contributed by atoms with E-state index in [4.69, 9.17) is 5.11 Å². The third-order valence-corrected chi connectivity index (χ3v) is 4.86. The second-order valence-electron chi connectivity index (χ2n) is 4.38. The van der Waals surface area contributed by atoms with Crippen molar-refractivity contribution in [2.24, 2.45) is 0 Å². The van der Waals surface area contributed by atoms with Crippen LogP contribution in [-0.4, -0.2) is 47.4 Å². The van der Waals surface area contributed by atoms with Gasteiger partial charge in [0.05, 0.1) is 0 Å². The summed E-state index contributed by atoms with van der Waals surface area (Å²) in [5, 5.41) is 9.10. The first-order valence-corrected chi connectivity index (χ1v) is 7.47. The molecule has 0 atom stereocenters. The van der Waals surface area contributed by atoms with Crippen LogP contribution in [0.4, 0.5) is 0 Å². The zero-order valence-electron chi connectivity index (χ0n) is 10.9. The van der Waals surface area contributed by atoms with Gasteiger partial charge in [-0.15, -0.1) is 0 Å². The van der Waals surface area contributed by atoms with Gasteiger partial charge in [-0.1, -0.05) is 0 Å². The van der Waals surface area contributed by atoms with Crippen molar-refractivity contribution in [3.8, 4) is 0 Å². The van der Waals surface area contributed by atoms with Crippen molar-refractivity contribution < 1.29 is 18.3 Å². The van der Waals surface area contributed by atoms with Gasteiger partial charge in [-0.25, -0.2) is 17.7 Å². The van der Waals surface area contributed by atoms with E-state index in [0.29, 0.717) is 11.0 Å². The number of hydrogen-bond donors (Lipinski definition) is 2. The van der Waals surface area contributed by atoms with Crippen molar-refractivity contribution in [3.63, 3.8) is 0 Å². The molecule has 2 aromatic heterocycles. The highest BCUT2D eigenvalue weighted by atomic mass is 32.2. The molecule has 0 amide bonds. The quantitative estimate of drug-likeness (QED) is 0.829. The minimum atomic E-state index is -3.65. The Hall–Kier alpha value is -1.93. The van der Waals surface area contributed by atoms with Crippen LogP contribution in [0.3, 0.4) is 0 Å². The van der Waals surface area contributed by atoms with Gasteiger partial charge >= 0.3 is 5.97 Å². The summed E-state index contributed by atoms with van der Waals surface area (Å²) in [6.07, 6.45) is 3.19. The van der Waals surface area contributed by atoms with Crippen LogP contribution >= 0.6 is 0 Å². The summed E-state index contributed by atoms with van der Waals surface area (Å²) in [4.78, 5) is 17.5. The number of rotatable bonds is 6. The smallest absolute Gasteiger partial charge is 0.303 e. The van der Waals surface area contributed by atoms with E-state index in [1.165, 1.54) is 13.2 Å². The molecule has 0 aliphatic carbocycles. The van der Waals surface area contributed by atoms with Crippen molar-refractivity contribution in [1.82, 2.24) is 14.3 Å². The number of H-pyrrole nitrogens is 1. The number of sulfonamides is 1. The van der Waals surface area contributed by atoms with Crippen molar-refractivity contribution >= 4 is 27.0 Å². The van der Waals surface area contributed by atoms with Gasteiger partial charge in [-0.2, -0.15) is 0 Å². The average molecular weight is 297 g/mol. The lowest BCUT2D eigenvalue weighted by atomic mass is 10.3. The molecule has 7 nitrogen and oxygen atoms in total. The van der Waals surface area contributed by atoms with Crippen LogP contribution < -0.4 is 0 Å². The Morgan fingerprint density at radius 2 is 2.25 bits per heavy atom. The Morgan fingerprint density at radius 1 is 1.50 bits per heavy atom. The number of carboxylic acids is 1. The van der Waals surface area contributed by atoms with Crippen molar-refractivity contribution in [2.75, 3.05) is 13.6 Å². The van der Waals surface area contributed by atoms with Crippen LogP contribution in [0.5, 0.6) is 0 Å². The number of carbonyl (C=O) groups is 1. The second-order valence-corrected chi connectivity index (χ2v) is 6.39. The average Bonchev–Trinajstić information content (AvgIpc) is 2.82. The van der Waals surface area contributed by atoms with E-state index in [9.17, 15) is 13.2 Å². The minimum Gasteiger partial charge on any atom is -0.481 e. The van der Waals surface area contributed by atoms with Crippen LogP contribution in [0.25, 0.3) is 11.0 Å². The van der Waals surface area contributed by atoms with E-state index >= 15 is 0 Å². The highest BCUT2D eigenvalue weighted by Crippen LogP contribution is 2.23. The number of carboxylic acid groups (broad SMARTS) is 1. The number of aliphatic carboxylic acids is 1. The molecule has 2 N–H and O–H groups in total. The Balaban J connectivity index is 2.23. The second kappa shape index (κ2) is 5.59. The number of aromatic nitrogens is 2. The van der Waals surface area contributed by atoms with E-state index < -0.39 is 16.0 Å². The zero-order valence-corrected chi connectivity index (χ0v) is 11.7. The lowest BCUT2D eigenvalue weighted by Crippen LogP contribution is -2.28. The maximum Gasteiger partial charge on any atom is 0.303 e. The number of fused-ring (bicyclic) bond motifs is 1. The third kappa shape index (κ3) is 2.81. The summed E-state index contributed by atoms with van der Waals surface area (Å²) < 4.78 is 26.0. The van der Waals surface area contributed by atoms with E-state index in [1.54, 1.807) is 18.3 Å². The van der Waals surface area contributed by atoms with Crippen LogP contribution in [0.15, 0.2) is 29.4 Å². The molecule has 0 spiro atoms. The minimum absolute atomic E-state index is 0.0602. The van der Waals surface area contributed by atoms with Crippen LogP contribution in [0.1, 0.15) is 12.8 Å². The first kappa shape index (κ1) is 14.5. The third-order valence-electron chi connectivity index (χ3n) is 2.97. The Morgan fingerprint density at radius 3 is 2.95 bits per heavy atom. The summed E-state index contributed by atoms with van der Waals surface area (Å²) in [6.45, 7) is 0.154. The van der Waals surface area contributed by atoms with Gasteiger partial charge < -0.3 is 10.1 Å². The molecule has 2 heterocycles. The van der Waals surface area contributed by atoms with E-state index in [2.05, 4.69) is 9.97 Å². The molecule has 0 unspecified atom stereocenters. The molecule has 108 valence electrons. The normalized spacial score (nSPS) is 12.1. The predicted octanol–water partition coefficient (Wildman–Crippen LogP) is 1.05. The molecule has 0 bridgehead atoms. The molecule has 0 aromatic carbocycles. The number of pyridine rings is 1. The van der Waals surface area contributed by atoms with Gasteiger partial charge in [0.2, 0.25) is 10.0 Å². The van der Waals surface area contributed by atoms with Crippen LogP contribution in [0.2, 0.25) is 0 Å². The number of aromatic amines is 1. The van der Waals surface area contributed by atoms with Gasteiger partial charge in [0, 0.05) is 37.8 Å². The molecule has 0 saturated carbocycles. The van der Waals surface area contributed by atoms with E-state index in [0.717, 1.165) is 4.31 Å². The van der Waals surface area contributed by atoms with Crippen molar-refractivity contribution in [1.29, 1.82) is 0 Å². The zero-order chi connectivity index (χ0) is 14.8. The van der Waals surface area contributed by atoms with Gasteiger partial charge in [0.1, 0.15) is 10.5 Å². The maximum absolute atomic E-state index is 12.4. The summed E-state index contributed by atoms with van der Waals surface area (Å²) in [7, 11) is -2.21. The molecule has 0 aliphatic rings. The summed E-state index contributed by atoms with van der Waals surface area (Å²) >= 11 is 0. The predicted molar refractivity (Wildman–Crippen MR) is 72.8 cm³/mol. The first-order valence-electron chi connectivity index (χ1n) is 6.03. The number of hydrogen-bond acceptors (Lipinski definition) is 4.